The molecule has 0 atom stereocenters. The molecule has 0 saturated heterocycles. The summed E-state index contributed by atoms with van der Waals surface area (Å²) in [6, 6.07) is 8.75. The third-order valence-electron chi connectivity index (χ3n) is 4.29. The van der Waals surface area contributed by atoms with Crippen molar-refractivity contribution in [1.29, 1.82) is 0 Å². The van der Waals surface area contributed by atoms with Crippen molar-refractivity contribution in [3.05, 3.63) is 47.7 Å². The third-order valence-corrected chi connectivity index (χ3v) is 5.49. The van der Waals surface area contributed by atoms with E-state index in [4.69, 9.17) is 4.74 Å². The molecule has 0 radical (unpaired) electrons. The predicted molar refractivity (Wildman–Crippen MR) is 103 cm³/mol. The van der Waals surface area contributed by atoms with Gasteiger partial charge >= 0.3 is 0 Å². The molecule has 0 aliphatic rings. The molecule has 10 heteroatoms. The van der Waals surface area contributed by atoms with Gasteiger partial charge in [0, 0.05) is 16.5 Å². The van der Waals surface area contributed by atoms with E-state index in [1.54, 1.807) is 36.4 Å². The summed E-state index contributed by atoms with van der Waals surface area (Å²) in [4.78, 5) is 22.7. The lowest BCUT2D eigenvalue weighted by Gasteiger charge is -2.30. The number of thioether (sulfide) groups is 1. The lowest BCUT2D eigenvalue weighted by Crippen LogP contribution is -2.18. The molecule has 0 unspecified atom stereocenters. The summed E-state index contributed by atoms with van der Waals surface area (Å²) in [5.41, 5.74) is 3.99. The molecule has 0 N–H and O–H groups in total. The maximum atomic E-state index is 11.1. The molecule has 8 nitrogen and oxygen atoms in total. The van der Waals surface area contributed by atoms with E-state index in [9.17, 15) is 14.4 Å². The molecule has 0 amide bonds. The lowest BCUT2D eigenvalue weighted by atomic mass is 10.1. The Morgan fingerprint density at radius 2 is 1.89 bits per heavy atom. The van der Waals surface area contributed by atoms with Gasteiger partial charge in [0.15, 0.2) is 0 Å². The van der Waals surface area contributed by atoms with Crippen LogP contribution in [0.1, 0.15) is 11.1 Å². The van der Waals surface area contributed by atoms with Gasteiger partial charge in [-0.05, 0) is 49.4 Å². The van der Waals surface area contributed by atoms with Crippen molar-refractivity contribution in [1.82, 2.24) is 15.0 Å². The number of rotatable bonds is 6. The molecule has 0 aliphatic heterocycles. The van der Waals surface area contributed by atoms with E-state index >= 15 is 0 Å². The Bertz CT molecular complexity index is 1060. The van der Waals surface area contributed by atoms with Gasteiger partial charge in [0.2, 0.25) is 0 Å². The first-order valence-electron chi connectivity index (χ1n) is 8.20. The zero-order valence-corrected chi connectivity index (χ0v) is 17.4. The standard InChI is InChI=1S/C18H20N3O5PS/c1-11-7-14(9-16(25-3)12(11)2)21-15(10-19-20-21)13-5-6-18(28-4)17(8-13)26-27(22,23)24/h5-10H,1-4H3,(H2,22,23,24)/p-2. The quantitative estimate of drug-likeness (QED) is 0.442. The van der Waals surface area contributed by atoms with E-state index in [-0.39, 0.29) is 5.75 Å². The number of phosphoric ester groups is 1. The van der Waals surface area contributed by atoms with Crippen LogP contribution < -0.4 is 19.0 Å². The summed E-state index contributed by atoms with van der Waals surface area (Å²) in [6.07, 6.45) is 3.31. The van der Waals surface area contributed by atoms with E-state index in [2.05, 4.69) is 14.8 Å². The number of hydrogen-bond donors (Lipinski definition) is 0. The summed E-state index contributed by atoms with van der Waals surface area (Å²) in [7, 11) is -3.59. The second-order valence-corrected chi connectivity index (χ2v) is 7.95. The molecule has 2 aromatic carbocycles. The number of methoxy groups -OCH3 is 1. The van der Waals surface area contributed by atoms with Gasteiger partial charge in [-0.1, -0.05) is 11.3 Å². The summed E-state index contributed by atoms with van der Waals surface area (Å²) in [5.74, 6) is 0.695. The summed E-state index contributed by atoms with van der Waals surface area (Å²) >= 11 is 1.27. The minimum absolute atomic E-state index is 0.0243. The summed E-state index contributed by atoms with van der Waals surface area (Å²) in [6.45, 7) is 3.94. The van der Waals surface area contributed by atoms with Gasteiger partial charge in [-0.25, -0.2) is 4.68 Å². The number of phosphoric acid groups is 1. The highest BCUT2D eigenvalue weighted by Gasteiger charge is 2.15. The lowest BCUT2D eigenvalue weighted by molar-refractivity contribution is -0.333. The van der Waals surface area contributed by atoms with Crippen molar-refractivity contribution in [3.63, 3.8) is 0 Å². The molecule has 0 aliphatic carbocycles. The number of aryl methyl sites for hydroxylation is 1. The van der Waals surface area contributed by atoms with Gasteiger partial charge in [-0.15, -0.1) is 16.9 Å². The number of ether oxygens (including phenoxy) is 1. The van der Waals surface area contributed by atoms with Crippen LogP contribution in [0.4, 0.5) is 0 Å². The highest BCUT2D eigenvalue weighted by atomic mass is 32.2. The predicted octanol–water partition coefficient (Wildman–Crippen LogP) is 2.49. The van der Waals surface area contributed by atoms with Gasteiger partial charge in [0.1, 0.15) is 19.3 Å². The number of hydrogen-bond acceptors (Lipinski definition) is 8. The van der Waals surface area contributed by atoms with E-state index in [1.807, 2.05) is 26.0 Å². The third kappa shape index (κ3) is 4.23. The fourth-order valence-corrected chi connectivity index (χ4v) is 3.75. The Morgan fingerprint density at radius 1 is 1.14 bits per heavy atom. The highest BCUT2D eigenvalue weighted by molar-refractivity contribution is 7.98. The summed E-state index contributed by atoms with van der Waals surface area (Å²) < 4.78 is 22.8. The van der Waals surface area contributed by atoms with Gasteiger partial charge in [-0.2, -0.15) is 0 Å². The minimum Gasteiger partial charge on any atom is -0.780 e. The molecule has 0 bridgehead atoms. The minimum atomic E-state index is -5.18. The first-order valence-corrected chi connectivity index (χ1v) is 10.9. The largest absolute Gasteiger partial charge is 0.780 e. The van der Waals surface area contributed by atoms with E-state index in [0.717, 1.165) is 22.6 Å². The van der Waals surface area contributed by atoms with Gasteiger partial charge in [-0.3, -0.25) is 0 Å². The van der Waals surface area contributed by atoms with Crippen LogP contribution in [-0.4, -0.2) is 28.4 Å². The van der Waals surface area contributed by atoms with Crippen molar-refractivity contribution >= 4 is 19.6 Å². The highest BCUT2D eigenvalue weighted by Crippen LogP contribution is 2.39. The zero-order chi connectivity index (χ0) is 20.5. The molecule has 3 rings (SSSR count). The van der Waals surface area contributed by atoms with Crippen LogP contribution in [0.3, 0.4) is 0 Å². The molecule has 0 spiro atoms. The van der Waals surface area contributed by atoms with Crippen molar-refractivity contribution < 1.29 is 23.6 Å². The Kier molecular flexibility index (Phi) is 5.81. The Balaban J connectivity index is 2.11. The van der Waals surface area contributed by atoms with E-state index in [0.29, 0.717) is 16.2 Å². The number of aromatic nitrogens is 3. The Hall–Kier alpha value is -2.32. The monoisotopic (exact) mass is 419 g/mol. The Morgan fingerprint density at radius 3 is 2.54 bits per heavy atom. The SMILES string of the molecule is COc1cc(-n2nncc2-c2ccc(SC)c(OP(=O)([O-])[O-])c2)cc(C)c1C. The van der Waals surface area contributed by atoms with Crippen LogP contribution in [0.15, 0.2) is 41.4 Å². The van der Waals surface area contributed by atoms with Crippen molar-refractivity contribution in [2.75, 3.05) is 13.4 Å². The average Bonchev–Trinajstić information content (AvgIpc) is 3.12. The van der Waals surface area contributed by atoms with E-state index in [1.165, 1.54) is 17.8 Å². The molecule has 28 heavy (non-hydrogen) atoms. The first kappa shape index (κ1) is 20.4. The zero-order valence-electron chi connectivity index (χ0n) is 15.7. The second-order valence-electron chi connectivity index (χ2n) is 6.03. The fourth-order valence-electron chi connectivity index (χ4n) is 2.79. The van der Waals surface area contributed by atoms with Crippen molar-refractivity contribution in [3.8, 4) is 28.4 Å². The molecular weight excluding hydrogens is 401 g/mol. The van der Waals surface area contributed by atoms with Crippen LogP contribution in [0.2, 0.25) is 0 Å². The van der Waals surface area contributed by atoms with Gasteiger partial charge < -0.3 is 23.6 Å². The fraction of sp³-hybridized carbons (Fsp3) is 0.222. The van der Waals surface area contributed by atoms with Crippen LogP contribution in [-0.2, 0) is 4.57 Å². The Labute approximate surface area is 166 Å². The summed E-state index contributed by atoms with van der Waals surface area (Å²) in [5, 5.41) is 8.12. The maximum Gasteiger partial charge on any atom is 0.138 e. The van der Waals surface area contributed by atoms with Crippen molar-refractivity contribution in [2.24, 2.45) is 0 Å². The molecular formula is C18H18N3O5PS-2. The molecule has 0 fully saturated rings. The van der Waals surface area contributed by atoms with Crippen LogP contribution in [0.5, 0.6) is 11.5 Å². The molecule has 148 valence electrons. The van der Waals surface area contributed by atoms with Crippen LogP contribution >= 0.6 is 19.6 Å². The topological polar surface area (TPSA) is 112 Å². The van der Waals surface area contributed by atoms with Crippen LogP contribution in [0, 0.1) is 13.8 Å². The van der Waals surface area contributed by atoms with Gasteiger partial charge in [0.05, 0.1) is 24.7 Å². The number of nitrogens with zero attached hydrogens (tertiary/aromatic N) is 3. The normalized spacial score (nSPS) is 11.5. The van der Waals surface area contributed by atoms with Crippen LogP contribution in [0.25, 0.3) is 16.9 Å². The second kappa shape index (κ2) is 7.97. The molecule has 3 aromatic rings. The van der Waals surface area contributed by atoms with Crippen molar-refractivity contribution in [2.45, 2.75) is 18.7 Å². The van der Waals surface area contributed by atoms with E-state index < -0.39 is 7.82 Å². The average molecular weight is 419 g/mol. The molecule has 0 saturated carbocycles. The first-order chi connectivity index (χ1) is 13.2. The smallest absolute Gasteiger partial charge is 0.138 e. The maximum absolute atomic E-state index is 11.1. The number of benzene rings is 2. The molecule has 1 heterocycles. The molecule has 1 aromatic heterocycles. The van der Waals surface area contributed by atoms with Gasteiger partial charge in [0.25, 0.3) is 0 Å².